The van der Waals surface area contributed by atoms with Crippen LogP contribution in [0.5, 0.6) is 11.5 Å². The molecule has 0 aromatic heterocycles. The molecule has 5 aromatic carbocycles. The van der Waals surface area contributed by atoms with E-state index in [1.54, 1.807) is 0 Å². The first-order valence-electron chi connectivity index (χ1n) is 17.4. The first-order valence-corrected chi connectivity index (χ1v) is 17.4. The molecule has 2 heterocycles. The molecule has 2 unspecified atom stereocenters. The van der Waals surface area contributed by atoms with E-state index in [0.29, 0.717) is 13.2 Å². The van der Waals surface area contributed by atoms with E-state index >= 15 is 0 Å². The van der Waals surface area contributed by atoms with Crippen molar-refractivity contribution in [2.24, 2.45) is 0 Å². The highest BCUT2D eigenvalue weighted by atomic mass is 16.5. The van der Waals surface area contributed by atoms with Gasteiger partial charge in [-0.25, -0.2) is 0 Å². The molecule has 5 nitrogen and oxygen atoms in total. The molecule has 0 spiro atoms. The Morgan fingerprint density at radius 1 is 0.625 bits per heavy atom. The summed E-state index contributed by atoms with van der Waals surface area (Å²) in [5, 5.41) is 0. The van der Waals surface area contributed by atoms with Crippen molar-refractivity contribution < 1.29 is 14.2 Å². The second kappa shape index (κ2) is 15.1. The zero-order chi connectivity index (χ0) is 32.6. The van der Waals surface area contributed by atoms with Gasteiger partial charge < -0.3 is 19.1 Å². The Balaban J connectivity index is 1.15. The van der Waals surface area contributed by atoms with Crippen molar-refractivity contribution in [1.82, 2.24) is 4.90 Å². The molecule has 1 fully saturated rings. The van der Waals surface area contributed by atoms with Crippen LogP contribution in [0.25, 0.3) is 0 Å². The van der Waals surface area contributed by atoms with Gasteiger partial charge in [0.25, 0.3) is 0 Å². The zero-order valence-corrected chi connectivity index (χ0v) is 28.0. The van der Waals surface area contributed by atoms with E-state index in [-0.39, 0.29) is 6.04 Å². The molecule has 0 saturated carbocycles. The third-order valence-corrected chi connectivity index (χ3v) is 9.79. The molecule has 0 amide bonds. The predicted octanol–water partition coefficient (Wildman–Crippen LogP) is 9.32. The van der Waals surface area contributed by atoms with Gasteiger partial charge in [-0.2, -0.15) is 0 Å². The Morgan fingerprint density at radius 3 is 2.06 bits per heavy atom. The zero-order valence-electron chi connectivity index (χ0n) is 28.0. The lowest BCUT2D eigenvalue weighted by atomic mass is 9.86. The second-order valence-electron chi connectivity index (χ2n) is 13.2. The average Bonchev–Trinajstić information content (AvgIpc) is 3.39. The monoisotopic (exact) mass is 638 g/mol. The van der Waals surface area contributed by atoms with E-state index in [0.717, 1.165) is 47.9 Å². The van der Waals surface area contributed by atoms with E-state index in [4.69, 9.17) is 14.2 Å². The van der Waals surface area contributed by atoms with Crippen molar-refractivity contribution >= 4 is 5.69 Å². The van der Waals surface area contributed by atoms with Gasteiger partial charge in [-0.15, -0.1) is 0 Å². The topological polar surface area (TPSA) is 34.2 Å². The minimum Gasteiger partial charge on any atom is -0.492 e. The van der Waals surface area contributed by atoms with Crippen molar-refractivity contribution in [3.05, 3.63) is 161 Å². The van der Waals surface area contributed by atoms with Crippen LogP contribution in [0.1, 0.15) is 60.0 Å². The molecule has 5 aromatic rings. The lowest BCUT2D eigenvalue weighted by Gasteiger charge is -2.37. The maximum atomic E-state index is 7.01. The average molecular weight is 639 g/mol. The molecule has 0 aliphatic carbocycles. The number of hydrogen-bond donors (Lipinski definition) is 0. The number of likely N-dealkylation sites (tertiary alicyclic amines) is 1. The summed E-state index contributed by atoms with van der Waals surface area (Å²) in [5.41, 5.74) is 6.46. The lowest BCUT2D eigenvalue weighted by Crippen LogP contribution is -2.37. The fourth-order valence-electron chi connectivity index (χ4n) is 7.24. The Morgan fingerprint density at radius 2 is 1.31 bits per heavy atom. The van der Waals surface area contributed by atoms with E-state index in [2.05, 4.69) is 120 Å². The van der Waals surface area contributed by atoms with Crippen LogP contribution in [0.4, 0.5) is 5.69 Å². The van der Waals surface area contributed by atoms with Gasteiger partial charge in [0.15, 0.2) is 0 Å². The Labute approximate surface area is 285 Å². The maximum absolute atomic E-state index is 7.01. The summed E-state index contributed by atoms with van der Waals surface area (Å²) in [7, 11) is 0. The van der Waals surface area contributed by atoms with Gasteiger partial charge in [0.05, 0.1) is 12.6 Å². The highest BCUT2D eigenvalue weighted by Crippen LogP contribution is 2.54. The number of piperidine rings is 1. The fraction of sp³-hybridized carbons (Fsp3) is 0.302. The molecule has 0 N–H and O–H groups in total. The molecule has 5 heteroatoms. The fourth-order valence-corrected chi connectivity index (χ4v) is 7.24. The summed E-state index contributed by atoms with van der Waals surface area (Å²) in [6.45, 7) is 8.11. The molecular formula is C43H46N2O3. The molecular weight excluding hydrogens is 592 g/mol. The largest absolute Gasteiger partial charge is 0.492 e. The molecule has 246 valence electrons. The number of benzene rings is 5. The first kappa shape index (κ1) is 32.0. The van der Waals surface area contributed by atoms with E-state index in [1.165, 1.54) is 49.2 Å². The summed E-state index contributed by atoms with van der Waals surface area (Å²) in [6, 6.07) is 46.6. The van der Waals surface area contributed by atoms with Crippen LogP contribution < -0.4 is 14.4 Å². The molecule has 2 atom stereocenters. The van der Waals surface area contributed by atoms with E-state index < -0.39 is 5.60 Å². The van der Waals surface area contributed by atoms with E-state index in [9.17, 15) is 0 Å². The highest BCUT2D eigenvalue weighted by Gasteiger charge is 2.49. The molecule has 2 aliphatic heterocycles. The minimum atomic E-state index is -0.609. The number of para-hydroxylation sites is 1. The number of fused-ring (bicyclic) bond motifs is 1. The van der Waals surface area contributed by atoms with Crippen molar-refractivity contribution in [3.8, 4) is 11.5 Å². The van der Waals surface area contributed by atoms with Crippen LogP contribution >= 0.6 is 0 Å². The van der Waals surface area contributed by atoms with E-state index in [1.807, 2.05) is 30.3 Å². The Kier molecular flexibility index (Phi) is 10.1. The summed E-state index contributed by atoms with van der Waals surface area (Å²) < 4.78 is 19.5. The summed E-state index contributed by atoms with van der Waals surface area (Å²) in [4.78, 5) is 5.02. The highest BCUT2D eigenvalue weighted by molar-refractivity contribution is 5.65. The lowest BCUT2D eigenvalue weighted by molar-refractivity contribution is -0.0614. The van der Waals surface area contributed by atoms with Gasteiger partial charge in [0.2, 0.25) is 0 Å². The van der Waals surface area contributed by atoms with Gasteiger partial charge in [-0.05, 0) is 85.4 Å². The van der Waals surface area contributed by atoms with Crippen LogP contribution in [-0.4, -0.2) is 31.1 Å². The van der Waals surface area contributed by atoms with Crippen LogP contribution in [0, 0.1) is 0 Å². The van der Waals surface area contributed by atoms with Crippen LogP contribution in [0.2, 0.25) is 0 Å². The smallest absolute Gasteiger partial charge is 0.120 e. The normalized spacial score (nSPS) is 19.2. The maximum Gasteiger partial charge on any atom is 0.120 e. The van der Waals surface area contributed by atoms with Gasteiger partial charge in [-0.3, -0.25) is 4.90 Å². The number of nitrogens with zero attached hydrogens (tertiary/aromatic N) is 2. The van der Waals surface area contributed by atoms with Crippen molar-refractivity contribution in [2.45, 2.75) is 57.6 Å². The summed E-state index contributed by atoms with van der Waals surface area (Å²) >= 11 is 0. The molecule has 48 heavy (non-hydrogen) atoms. The first-order chi connectivity index (χ1) is 23.7. The number of hydrogen-bond acceptors (Lipinski definition) is 5. The second-order valence-corrected chi connectivity index (χ2v) is 13.2. The molecule has 0 radical (unpaired) electrons. The molecule has 0 bridgehead atoms. The van der Waals surface area contributed by atoms with Gasteiger partial charge in [0, 0.05) is 24.3 Å². The quantitative estimate of drug-likeness (QED) is 0.128. The SMILES string of the molecule is CC1(OCc2ccccc2)c2ccccc2N(Cc2ccc(OCCN3CCCCC3)cc2)C1c1cccc(OCc2ccccc2)c1. The minimum absolute atomic E-state index is 0.0839. The predicted molar refractivity (Wildman–Crippen MR) is 193 cm³/mol. The standard InChI is InChI=1S/C43H46N2O3/c1-43(48-33-36-16-7-3-8-17-36)40-20-9-10-21-41(40)45(31-34-22-24-38(25-23-34)46-29-28-44-26-11-4-12-27-44)42(43)37-18-13-19-39(30-37)47-32-35-14-5-2-6-15-35/h2-3,5-10,13-25,30,42H,4,11-12,26-29,31-33H2,1H3. The van der Waals surface area contributed by atoms with Gasteiger partial charge in [-0.1, -0.05) is 110 Å². The number of anilines is 1. The van der Waals surface area contributed by atoms with Crippen LogP contribution in [-0.2, 0) is 30.1 Å². The van der Waals surface area contributed by atoms with Crippen molar-refractivity contribution in [3.63, 3.8) is 0 Å². The van der Waals surface area contributed by atoms with Crippen molar-refractivity contribution in [2.75, 3.05) is 31.1 Å². The number of ether oxygens (including phenoxy) is 3. The van der Waals surface area contributed by atoms with Gasteiger partial charge >= 0.3 is 0 Å². The molecule has 7 rings (SSSR count). The third-order valence-electron chi connectivity index (χ3n) is 9.79. The summed E-state index contributed by atoms with van der Waals surface area (Å²) in [5.74, 6) is 1.78. The Hall–Kier alpha value is -4.58. The van der Waals surface area contributed by atoms with Crippen molar-refractivity contribution in [1.29, 1.82) is 0 Å². The number of rotatable bonds is 13. The van der Waals surface area contributed by atoms with Crippen LogP contribution in [0.3, 0.4) is 0 Å². The Bertz CT molecular complexity index is 1740. The molecule has 1 saturated heterocycles. The third kappa shape index (κ3) is 7.43. The van der Waals surface area contributed by atoms with Crippen LogP contribution in [0.15, 0.2) is 133 Å². The molecule has 2 aliphatic rings. The van der Waals surface area contributed by atoms with Gasteiger partial charge in [0.1, 0.15) is 30.3 Å². The summed E-state index contributed by atoms with van der Waals surface area (Å²) in [6.07, 6.45) is 3.96.